The monoisotopic (exact) mass is 449 g/mol. The molecule has 5 N–H and O–H groups in total. The van der Waals surface area contributed by atoms with E-state index in [9.17, 15) is 15.0 Å². The Balaban J connectivity index is 0.000000751. The Labute approximate surface area is 185 Å². The Morgan fingerprint density at radius 3 is 2.09 bits per heavy atom. The highest BCUT2D eigenvalue weighted by Gasteiger charge is 2.12. The average Bonchev–Trinajstić information content (AvgIpc) is 2.78. The Bertz CT molecular complexity index is 874. The lowest BCUT2D eigenvalue weighted by molar-refractivity contribution is -0.159. The van der Waals surface area contributed by atoms with Gasteiger partial charge in [-0.05, 0) is 30.7 Å². The van der Waals surface area contributed by atoms with E-state index in [0.29, 0.717) is 23.6 Å². The molecule has 2 atom stereocenters. The minimum absolute atomic E-state index is 0.0592. The van der Waals surface area contributed by atoms with Crippen molar-refractivity contribution in [3.63, 3.8) is 0 Å². The van der Waals surface area contributed by atoms with Crippen LogP contribution in [0.1, 0.15) is 28.9 Å². The van der Waals surface area contributed by atoms with Crippen LogP contribution in [0, 0.1) is 0 Å². The number of carbonyl (C=O) groups excluding carboxylic acids is 1. The second-order valence-corrected chi connectivity index (χ2v) is 6.58. The van der Waals surface area contributed by atoms with Gasteiger partial charge in [-0.3, -0.25) is 4.79 Å². The summed E-state index contributed by atoms with van der Waals surface area (Å²) in [5.41, 5.74) is 1.35. The van der Waals surface area contributed by atoms with Crippen LogP contribution in [0.5, 0.6) is 11.5 Å². The summed E-state index contributed by atoms with van der Waals surface area (Å²) < 4.78 is 10.8. The maximum absolute atomic E-state index is 11.4. The van der Waals surface area contributed by atoms with Crippen molar-refractivity contribution in [2.75, 3.05) is 26.8 Å². The molecule has 0 aliphatic carbocycles. The van der Waals surface area contributed by atoms with Crippen molar-refractivity contribution < 1.29 is 44.3 Å². The van der Waals surface area contributed by atoms with E-state index in [2.05, 4.69) is 5.32 Å². The molecule has 10 nitrogen and oxygen atoms in total. The van der Waals surface area contributed by atoms with Crippen LogP contribution in [0.4, 0.5) is 0 Å². The van der Waals surface area contributed by atoms with Gasteiger partial charge in [-0.25, -0.2) is 9.59 Å². The van der Waals surface area contributed by atoms with E-state index >= 15 is 0 Å². The number of carbonyl (C=O) groups is 3. The van der Waals surface area contributed by atoms with Gasteiger partial charge in [-0.15, -0.1) is 0 Å². The highest BCUT2D eigenvalue weighted by Crippen LogP contribution is 2.28. The SMILES string of the molecule is COc1cc(C(C)=O)ccc1OCC(O)CNCC(O)c1ccccc1.O=C(O)C(=O)O. The summed E-state index contributed by atoms with van der Waals surface area (Å²) in [4.78, 5) is 29.6. The summed E-state index contributed by atoms with van der Waals surface area (Å²) in [6.45, 7) is 2.15. The molecule has 32 heavy (non-hydrogen) atoms. The van der Waals surface area contributed by atoms with Crippen molar-refractivity contribution >= 4 is 17.7 Å². The van der Waals surface area contributed by atoms with Gasteiger partial charge in [-0.1, -0.05) is 30.3 Å². The first-order valence-corrected chi connectivity index (χ1v) is 9.55. The molecule has 2 rings (SSSR count). The van der Waals surface area contributed by atoms with Gasteiger partial charge in [0.25, 0.3) is 0 Å². The molecule has 0 fully saturated rings. The third-order valence-corrected chi connectivity index (χ3v) is 4.09. The van der Waals surface area contributed by atoms with Crippen LogP contribution in [-0.4, -0.2) is 71.1 Å². The molecule has 10 heteroatoms. The fourth-order valence-corrected chi connectivity index (χ4v) is 2.43. The fourth-order valence-electron chi connectivity index (χ4n) is 2.43. The van der Waals surface area contributed by atoms with Crippen LogP contribution in [0.15, 0.2) is 48.5 Å². The van der Waals surface area contributed by atoms with Gasteiger partial charge in [0.15, 0.2) is 17.3 Å². The van der Waals surface area contributed by atoms with Gasteiger partial charge in [0, 0.05) is 18.7 Å². The molecule has 0 spiro atoms. The summed E-state index contributed by atoms with van der Waals surface area (Å²) in [5.74, 6) is -2.81. The zero-order valence-corrected chi connectivity index (χ0v) is 17.7. The standard InChI is InChI=1S/C20H25NO5.C2H2O4/c1-14(22)16-8-9-19(20(10-16)25-2)26-13-17(23)11-21-12-18(24)15-6-4-3-5-7-15;3-1(4)2(5)6/h3-10,17-18,21,23-24H,11-13H2,1-2H3;(H,3,4)(H,5,6). The molecule has 174 valence electrons. The van der Waals surface area contributed by atoms with E-state index in [1.807, 2.05) is 30.3 Å². The van der Waals surface area contributed by atoms with Gasteiger partial charge in [0.2, 0.25) is 0 Å². The second-order valence-electron chi connectivity index (χ2n) is 6.58. The largest absolute Gasteiger partial charge is 0.493 e. The maximum Gasteiger partial charge on any atom is 0.414 e. The molecule has 2 unspecified atom stereocenters. The van der Waals surface area contributed by atoms with Crippen molar-refractivity contribution in [3.05, 3.63) is 59.7 Å². The minimum Gasteiger partial charge on any atom is -0.493 e. The Morgan fingerprint density at radius 2 is 1.56 bits per heavy atom. The number of carboxylic acids is 2. The number of aliphatic carboxylic acids is 2. The molecule has 0 aliphatic heterocycles. The van der Waals surface area contributed by atoms with E-state index in [4.69, 9.17) is 29.3 Å². The predicted molar refractivity (Wildman–Crippen MR) is 114 cm³/mol. The predicted octanol–water partition coefficient (Wildman–Crippen LogP) is 1.12. The molecule has 0 aromatic heterocycles. The number of benzene rings is 2. The number of ketones is 1. The molecule has 0 radical (unpaired) electrons. The number of aliphatic hydroxyl groups is 2. The quantitative estimate of drug-likeness (QED) is 0.262. The van der Waals surface area contributed by atoms with E-state index in [1.54, 1.807) is 18.2 Å². The van der Waals surface area contributed by atoms with Crippen LogP contribution >= 0.6 is 0 Å². The first kappa shape index (κ1) is 26.6. The third kappa shape index (κ3) is 9.56. The van der Waals surface area contributed by atoms with Crippen molar-refractivity contribution in [2.24, 2.45) is 0 Å². The Kier molecular flexibility index (Phi) is 11.4. The number of nitrogens with one attached hydrogen (secondary N) is 1. The third-order valence-electron chi connectivity index (χ3n) is 4.09. The molecule has 0 bridgehead atoms. The second kappa shape index (κ2) is 13.8. The smallest absolute Gasteiger partial charge is 0.414 e. The summed E-state index contributed by atoms with van der Waals surface area (Å²) in [6, 6.07) is 14.2. The summed E-state index contributed by atoms with van der Waals surface area (Å²) in [7, 11) is 1.50. The molecule has 0 saturated heterocycles. The lowest BCUT2D eigenvalue weighted by atomic mass is 10.1. The van der Waals surface area contributed by atoms with Gasteiger partial charge in [0.05, 0.1) is 13.2 Å². The van der Waals surface area contributed by atoms with Crippen LogP contribution < -0.4 is 14.8 Å². The molecule has 0 saturated carbocycles. The number of methoxy groups -OCH3 is 1. The van der Waals surface area contributed by atoms with Crippen LogP contribution in [0.25, 0.3) is 0 Å². The van der Waals surface area contributed by atoms with Crippen molar-refractivity contribution in [1.29, 1.82) is 0 Å². The summed E-state index contributed by atoms with van der Waals surface area (Å²) >= 11 is 0. The topological polar surface area (TPSA) is 163 Å². The van der Waals surface area contributed by atoms with E-state index < -0.39 is 24.1 Å². The first-order valence-electron chi connectivity index (χ1n) is 9.55. The number of carboxylic acid groups (broad SMARTS) is 2. The van der Waals surface area contributed by atoms with Crippen molar-refractivity contribution in [1.82, 2.24) is 5.32 Å². The molecule has 0 heterocycles. The lowest BCUT2D eigenvalue weighted by Gasteiger charge is -2.17. The molecule has 0 amide bonds. The number of hydrogen-bond donors (Lipinski definition) is 5. The first-order chi connectivity index (χ1) is 15.1. The van der Waals surface area contributed by atoms with E-state index in [-0.39, 0.29) is 18.9 Å². The van der Waals surface area contributed by atoms with Gasteiger partial charge >= 0.3 is 11.9 Å². The summed E-state index contributed by atoms with van der Waals surface area (Å²) in [6.07, 6.45) is -1.39. The van der Waals surface area contributed by atoms with Crippen LogP contribution in [-0.2, 0) is 9.59 Å². The van der Waals surface area contributed by atoms with E-state index in [1.165, 1.54) is 14.0 Å². The zero-order chi connectivity index (χ0) is 24.1. The van der Waals surface area contributed by atoms with Crippen molar-refractivity contribution in [3.8, 4) is 11.5 Å². The molecule has 2 aromatic rings. The normalized spacial score (nSPS) is 12.0. The molecular formula is C22H27NO9. The van der Waals surface area contributed by atoms with Crippen LogP contribution in [0.2, 0.25) is 0 Å². The number of ether oxygens (including phenoxy) is 2. The molecule has 2 aromatic carbocycles. The lowest BCUT2D eigenvalue weighted by Crippen LogP contribution is -2.33. The zero-order valence-electron chi connectivity index (χ0n) is 17.7. The number of Topliss-reactive ketones (excluding diaryl/α,β-unsaturated/α-hetero) is 1. The fraction of sp³-hybridized carbons (Fsp3) is 0.318. The Morgan fingerprint density at radius 1 is 0.938 bits per heavy atom. The molecular weight excluding hydrogens is 422 g/mol. The Hall–Kier alpha value is -3.47. The van der Waals surface area contributed by atoms with Crippen LogP contribution in [0.3, 0.4) is 0 Å². The molecule has 0 aliphatic rings. The van der Waals surface area contributed by atoms with Gasteiger partial charge in [0.1, 0.15) is 12.7 Å². The number of hydrogen-bond acceptors (Lipinski definition) is 8. The van der Waals surface area contributed by atoms with Crippen molar-refractivity contribution in [2.45, 2.75) is 19.1 Å². The maximum atomic E-state index is 11.4. The highest BCUT2D eigenvalue weighted by molar-refractivity contribution is 6.27. The van der Waals surface area contributed by atoms with Gasteiger partial charge < -0.3 is 35.2 Å². The average molecular weight is 449 g/mol. The minimum atomic E-state index is -1.82. The number of aliphatic hydroxyl groups excluding tert-OH is 2. The number of rotatable bonds is 10. The highest BCUT2D eigenvalue weighted by atomic mass is 16.5. The van der Waals surface area contributed by atoms with E-state index in [0.717, 1.165) is 5.56 Å². The van der Waals surface area contributed by atoms with Gasteiger partial charge in [-0.2, -0.15) is 0 Å². The summed E-state index contributed by atoms with van der Waals surface area (Å²) in [5, 5.41) is 37.9.